The van der Waals surface area contributed by atoms with Crippen LogP contribution in [0.5, 0.6) is 0 Å². The summed E-state index contributed by atoms with van der Waals surface area (Å²) in [5.41, 5.74) is -2.89. The van der Waals surface area contributed by atoms with Gasteiger partial charge in [-0.3, -0.25) is 14.3 Å². The number of likely N-dealkylation sites (tertiary alicyclic amines) is 2. The van der Waals surface area contributed by atoms with Crippen molar-refractivity contribution in [1.82, 2.24) is 19.6 Å². The second-order valence-electron chi connectivity index (χ2n) is 12.3. The minimum atomic E-state index is -4.76. The number of carbonyl (C=O) groups is 3. The lowest BCUT2D eigenvalue weighted by atomic mass is 9.70. The first-order chi connectivity index (χ1) is 21.3. The van der Waals surface area contributed by atoms with Gasteiger partial charge in [0.05, 0.1) is 30.5 Å². The Morgan fingerprint density at radius 1 is 1.09 bits per heavy atom. The van der Waals surface area contributed by atoms with Crippen LogP contribution in [0, 0.1) is 16.7 Å². The third-order valence-corrected chi connectivity index (χ3v) is 9.70. The summed E-state index contributed by atoms with van der Waals surface area (Å²) in [4.78, 5) is 40.2. The SMILES string of the molecule is Cn1cc(C(=O)N2C[C@@H](COCc3cccc(-c4csc(C(F)(F)F)c4)c3C(=O)O)C3(C2)CN(C(=O)C(C)(C)C(F)(F)F)C3)cn1. The van der Waals surface area contributed by atoms with E-state index in [1.807, 2.05) is 0 Å². The number of carbonyl (C=O) groups excluding carboxylic acids is 2. The maximum Gasteiger partial charge on any atom is 0.425 e. The van der Waals surface area contributed by atoms with Crippen LogP contribution in [0.2, 0.25) is 0 Å². The van der Waals surface area contributed by atoms with Crippen LogP contribution in [0.15, 0.2) is 42.0 Å². The average molecular weight is 673 g/mol. The molecular weight excluding hydrogens is 642 g/mol. The molecule has 1 N–H and O–H groups in total. The molecule has 0 unspecified atom stereocenters. The molecule has 1 atom stereocenters. The summed E-state index contributed by atoms with van der Waals surface area (Å²) in [6.45, 7) is 1.63. The molecule has 9 nitrogen and oxygen atoms in total. The number of carboxylic acid groups (broad SMARTS) is 1. The van der Waals surface area contributed by atoms with E-state index < -0.39 is 45.9 Å². The highest BCUT2D eigenvalue weighted by molar-refractivity contribution is 7.10. The van der Waals surface area contributed by atoms with Crippen LogP contribution in [-0.2, 0) is 29.4 Å². The van der Waals surface area contributed by atoms with E-state index in [4.69, 9.17) is 4.74 Å². The van der Waals surface area contributed by atoms with Crippen molar-refractivity contribution >= 4 is 29.1 Å². The quantitative estimate of drug-likeness (QED) is 0.314. The number of aromatic nitrogens is 2. The summed E-state index contributed by atoms with van der Waals surface area (Å²) in [7, 11) is 1.64. The van der Waals surface area contributed by atoms with E-state index in [1.54, 1.807) is 11.9 Å². The Labute approximate surface area is 263 Å². The van der Waals surface area contributed by atoms with E-state index in [0.717, 1.165) is 24.8 Å². The highest BCUT2D eigenvalue weighted by Gasteiger charge is 2.61. The van der Waals surface area contributed by atoms with Gasteiger partial charge in [0.25, 0.3) is 5.91 Å². The standard InChI is InChI=1S/C30H30F6N4O5S/c1-27(2,30(34,35)36)26(44)40-15-28(16-40)14-39(24(41)19-8-37-38(3)9-19)10-20(28)12-45-11-17-5-4-6-21(23(17)25(42)43)18-7-22(46-13-18)29(31,32)33/h4-9,13,20H,10-12,14-16H2,1-3H3,(H,42,43)/t20-/m0/s1. The predicted octanol–water partition coefficient (Wildman–Crippen LogP) is 5.57. The fourth-order valence-corrected chi connectivity index (χ4v) is 6.79. The fourth-order valence-electron chi connectivity index (χ4n) is 6.01. The van der Waals surface area contributed by atoms with Crippen molar-refractivity contribution in [3.8, 4) is 11.1 Å². The largest absolute Gasteiger partial charge is 0.478 e. The lowest BCUT2D eigenvalue weighted by Gasteiger charge is -2.52. The van der Waals surface area contributed by atoms with E-state index in [0.29, 0.717) is 16.9 Å². The summed E-state index contributed by atoms with van der Waals surface area (Å²) >= 11 is 0.451. The zero-order valence-corrected chi connectivity index (χ0v) is 25.7. The zero-order valence-electron chi connectivity index (χ0n) is 24.9. The van der Waals surface area contributed by atoms with Gasteiger partial charge >= 0.3 is 18.3 Å². The smallest absolute Gasteiger partial charge is 0.425 e. The summed E-state index contributed by atoms with van der Waals surface area (Å²) < 4.78 is 87.8. The number of halogens is 6. The fraction of sp³-hybridized carbons (Fsp3) is 0.467. The molecule has 2 fully saturated rings. The average Bonchev–Trinajstić information content (AvgIpc) is 3.69. The Bertz CT molecular complexity index is 1660. The molecule has 2 aliphatic rings. The first-order valence-electron chi connectivity index (χ1n) is 14.1. The summed E-state index contributed by atoms with van der Waals surface area (Å²) in [5.74, 6) is -3.20. The van der Waals surface area contributed by atoms with Crippen molar-refractivity contribution in [2.24, 2.45) is 23.8 Å². The Balaban J connectivity index is 1.35. The molecule has 4 heterocycles. The lowest BCUT2D eigenvalue weighted by molar-refractivity contribution is -0.223. The Morgan fingerprint density at radius 3 is 2.33 bits per heavy atom. The topological polar surface area (TPSA) is 105 Å². The molecule has 0 aliphatic carbocycles. The van der Waals surface area contributed by atoms with Crippen molar-refractivity contribution in [2.75, 3.05) is 32.8 Å². The van der Waals surface area contributed by atoms with Crippen LogP contribution >= 0.6 is 11.3 Å². The van der Waals surface area contributed by atoms with Gasteiger partial charge in [0, 0.05) is 50.8 Å². The number of amides is 2. The molecular formula is C30H30F6N4O5S. The van der Waals surface area contributed by atoms with Crippen LogP contribution in [0.4, 0.5) is 26.3 Å². The molecule has 2 aliphatic heterocycles. The van der Waals surface area contributed by atoms with Gasteiger partial charge in [0.15, 0.2) is 0 Å². The third kappa shape index (κ3) is 6.11. The zero-order chi connectivity index (χ0) is 33.8. The highest BCUT2D eigenvalue weighted by Crippen LogP contribution is 2.48. The summed E-state index contributed by atoms with van der Waals surface area (Å²) in [5, 5.41) is 15.2. The number of carboxylic acids is 1. The maximum atomic E-state index is 13.6. The molecule has 0 radical (unpaired) electrons. The molecule has 0 bridgehead atoms. The molecule has 5 rings (SSSR count). The molecule has 16 heteroatoms. The Kier molecular flexibility index (Phi) is 8.51. The minimum absolute atomic E-state index is 0.0263. The second kappa shape index (κ2) is 11.7. The molecule has 2 amide bonds. The number of benzene rings is 1. The van der Waals surface area contributed by atoms with Gasteiger partial charge in [-0.15, -0.1) is 11.3 Å². The molecule has 1 spiro atoms. The number of thiophene rings is 1. The normalized spacial score (nSPS) is 18.2. The van der Waals surface area contributed by atoms with Crippen LogP contribution in [0.25, 0.3) is 11.1 Å². The van der Waals surface area contributed by atoms with Gasteiger partial charge < -0.3 is 19.6 Å². The van der Waals surface area contributed by atoms with Crippen LogP contribution in [0.1, 0.15) is 45.0 Å². The number of ether oxygens (including phenoxy) is 1. The summed E-state index contributed by atoms with van der Waals surface area (Å²) in [6.07, 6.45) is -6.42. The minimum Gasteiger partial charge on any atom is -0.478 e. The number of rotatable bonds is 8. The van der Waals surface area contributed by atoms with E-state index in [-0.39, 0.29) is 67.6 Å². The second-order valence-corrected chi connectivity index (χ2v) is 13.2. The predicted molar refractivity (Wildman–Crippen MR) is 153 cm³/mol. The Hall–Kier alpha value is -3.92. The van der Waals surface area contributed by atoms with Crippen molar-refractivity contribution in [3.63, 3.8) is 0 Å². The third-order valence-electron chi connectivity index (χ3n) is 8.72. The van der Waals surface area contributed by atoms with E-state index in [2.05, 4.69) is 5.10 Å². The first-order valence-corrected chi connectivity index (χ1v) is 14.9. The number of hydrogen-bond acceptors (Lipinski definition) is 6. The van der Waals surface area contributed by atoms with Crippen molar-refractivity contribution in [2.45, 2.75) is 32.8 Å². The molecule has 2 saturated heterocycles. The van der Waals surface area contributed by atoms with Crippen molar-refractivity contribution in [3.05, 3.63) is 63.6 Å². The molecule has 46 heavy (non-hydrogen) atoms. The monoisotopic (exact) mass is 672 g/mol. The van der Waals surface area contributed by atoms with E-state index >= 15 is 0 Å². The Morgan fingerprint density at radius 2 is 1.76 bits per heavy atom. The molecule has 0 saturated carbocycles. The number of aryl methyl sites for hydroxylation is 1. The van der Waals surface area contributed by atoms with Gasteiger partial charge in [-0.25, -0.2) is 4.79 Å². The lowest BCUT2D eigenvalue weighted by Crippen LogP contribution is -2.66. The highest BCUT2D eigenvalue weighted by atomic mass is 32.1. The van der Waals surface area contributed by atoms with Gasteiger partial charge in [0.2, 0.25) is 5.91 Å². The van der Waals surface area contributed by atoms with Gasteiger partial charge in [-0.1, -0.05) is 18.2 Å². The number of hydrogen-bond donors (Lipinski definition) is 1. The van der Waals surface area contributed by atoms with Gasteiger partial charge in [-0.2, -0.15) is 31.4 Å². The van der Waals surface area contributed by atoms with Gasteiger partial charge in [0.1, 0.15) is 10.3 Å². The number of nitrogens with zero attached hydrogens (tertiary/aromatic N) is 4. The number of aromatic carboxylic acids is 1. The van der Waals surface area contributed by atoms with E-state index in [9.17, 15) is 45.8 Å². The molecule has 248 valence electrons. The molecule has 2 aromatic heterocycles. The number of alkyl halides is 6. The first kappa shape index (κ1) is 33.4. The van der Waals surface area contributed by atoms with Crippen molar-refractivity contribution in [1.29, 1.82) is 0 Å². The van der Waals surface area contributed by atoms with Crippen LogP contribution in [0.3, 0.4) is 0 Å². The van der Waals surface area contributed by atoms with Crippen molar-refractivity contribution < 1.29 is 50.6 Å². The molecule has 1 aromatic carbocycles. The van der Waals surface area contributed by atoms with Crippen LogP contribution < -0.4 is 0 Å². The summed E-state index contributed by atoms with van der Waals surface area (Å²) in [6, 6.07) is 5.28. The van der Waals surface area contributed by atoms with Crippen LogP contribution in [-0.4, -0.2) is 81.4 Å². The van der Waals surface area contributed by atoms with Gasteiger partial charge in [-0.05, 0) is 42.0 Å². The maximum absolute atomic E-state index is 13.6. The molecule has 3 aromatic rings. The van der Waals surface area contributed by atoms with E-state index in [1.165, 1.54) is 40.7 Å².